The number of aromatic nitrogens is 1. The number of halogens is 1. The van der Waals surface area contributed by atoms with Crippen LogP contribution < -0.4 is 10.2 Å². The Labute approximate surface area is 153 Å². The van der Waals surface area contributed by atoms with E-state index in [0.717, 1.165) is 28.8 Å². The maximum atomic E-state index is 10.9. The zero-order chi connectivity index (χ0) is 17.3. The van der Waals surface area contributed by atoms with E-state index in [2.05, 4.69) is 15.2 Å². The maximum Gasteiger partial charge on any atom is 0.271 e. The van der Waals surface area contributed by atoms with E-state index >= 15 is 0 Å². The highest BCUT2D eigenvalue weighted by atomic mass is 35.5. The Bertz CT molecular complexity index is 803. The van der Waals surface area contributed by atoms with Crippen molar-refractivity contribution in [3.8, 4) is 0 Å². The molecule has 0 unspecified atom stereocenters. The van der Waals surface area contributed by atoms with Crippen LogP contribution in [0.1, 0.15) is 23.4 Å². The molecule has 0 atom stereocenters. The van der Waals surface area contributed by atoms with Crippen LogP contribution in [0.4, 0.5) is 16.5 Å². The van der Waals surface area contributed by atoms with Crippen LogP contribution in [0, 0.1) is 17.0 Å². The Morgan fingerprint density at radius 2 is 2.17 bits per heavy atom. The number of thiocarbonyl (C=S) groups is 1. The molecule has 3 rings (SSSR count). The summed E-state index contributed by atoms with van der Waals surface area (Å²) in [6.07, 6.45) is 2.36. The predicted molar refractivity (Wildman–Crippen MR) is 102 cm³/mol. The first kappa shape index (κ1) is 17.1. The van der Waals surface area contributed by atoms with Crippen LogP contribution in [-0.4, -0.2) is 28.0 Å². The number of hydrogen-bond acceptors (Lipinski definition) is 6. The molecule has 0 bridgehead atoms. The number of benzene rings is 1. The SMILES string of the molecule is Cc1nc(N2CCCC2)sc1C(=S)Nc1cc([N+](=O)[O-])ccc1Cl. The van der Waals surface area contributed by atoms with E-state index in [1.165, 1.54) is 42.4 Å². The van der Waals surface area contributed by atoms with Crippen LogP contribution in [-0.2, 0) is 0 Å². The lowest BCUT2D eigenvalue weighted by Crippen LogP contribution is -2.17. The van der Waals surface area contributed by atoms with Gasteiger partial charge in [-0.05, 0) is 25.8 Å². The number of non-ortho nitro benzene ring substituents is 1. The molecule has 1 aliphatic rings. The zero-order valence-electron chi connectivity index (χ0n) is 12.9. The minimum atomic E-state index is -0.464. The van der Waals surface area contributed by atoms with Gasteiger partial charge in [0.15, 0.2) is 5.13 Å². The minimum absolute atomic E-state index is 0.0384. The summed E-state index contributed by atoms with van der Waals surface area (Å²) in [5, 5.41) is 15.3. The van der Waals surface area contributed by atoms with Crippen molar-refractivity contribution in [1.29, 1.82) is 0 Å². The van der Waals surface area contributed by atoms with Crippen LogP contribution in [0.25, 0.3) is 0 Å². The number of nitro benzene ring substituents is 1. The summed E-state index contributed by atoms with van der Waals surface area (Å²) in [5.41, 5.74) is 1.23. The van der Waals surface area contributed by atoms with Crippen molar-refractivity contribution in [2.45, 2.75) is 19.8 Å². The maximum absolute atomic E-state index is 10.9. The first-order valence-electron chi connectivity index (χ1n) is 7.43. The van der Waals surface area contributed by atoms with Gasteiger partial charge in [0.05, 0.1) is 26.2 Å². The third-order valence-electron chi connectivity index (χ3n) is 3.78. The summed E-state index contributed by atoms with van der Waals surface area (Å²) in [7, 11) is 0. The van der Waals surface area contributed by atoms with Crippen LogP contribution in [0.5, 0.6) is 0 Å². The van der Waals surface area contributed by atoms with E-state index in [4.69, 9.17) is 23.8 Å². The lowest BCUT2D eigenvalue weighted by molar-refractivity contribution is -0.384. The number of nitrogens with zero attached hydrogens (tertiary/aromatic N) is 3. The summed E-state index contributed by atoms with van der Waals surface area (Å²) in [6, 6.07) is 4.23. The summed E-state index contributed by atoms with van der Waals surface area (Å²) < 4.78 is 0. The van der Waals surface area contributed by atoms with E-state index < -0.39 is 4.92 Å². The molecule has 1 aliphatic heterocycles. The Morgan fingerprint density at radius 1 is 1.46 bits per heavy atom. The van der Waals surface area contributed by atoms with Gasteiger partial charge in [0.2, 0.25) is 0 Å². The lowest BCUT2D eigenvalue weighted by atomic mass is 10.2. The molecule has 9 heteroatoms. The van der Waals surface area contributed by atoms with Gasteiger partial charge in [0.1, 0.15) is 4.99 Å². The molecule has 0 aliphatic carbocycles. The van der Waals surface area contributed by atoms with Gasteiger partial charge in [0.25, 0.3) is 5.69 Å². The van der Waals surface area contributed by atoms with Crippen molar-refractivity contribution < 1.29 is 4.92 Å². The first-order valence-corrected chi connectivity index (χ1v) is 9.03. The van der Waals surface area contributed by atoms with Crippen molar-refractivity contribution in [2.24, 2.45) is 0 Å². The molecule has 0 radical (unpaired) electrons. The van der Waals surface area contributed by atoms with Gasteiger partial charge >= 0.3 is 0 Å². The molecule has 1 aromatic carbocycles. The van der Waals surface area contributed by atoms with E-state index in [0.29, 0.717) is 15.7 Å². The number of nitro groups is 1. The fourth-order valence-corrected chi connectivity index (χ4v) is 4.10. The molecule has 1 fully saturated rings. The number of aryl methyl sites for hydroxylation is 1. The van der Waals surface area contributed by atoms with Crippen LogP contribution in [0.2, 0.25) is 5.02 Å². The standard InChI is InChI=1S/C15H15ClN4O2S2/c1-9-13(24-15(17-9)19-6-2-3-7-19)14(23)18-12-8-10(20(21)22)4-5-11(12)16/h4-5,8H,2-3,6-7H2,1H3,(H,18,23). The molecule has 0 spiro atoms. The van der Waals surface area contributed by atoms with Gasteiger partial charge in [-0.25, -0.2) is 4.98 Å². The fourth-order valence-electron chi connectivity index (χ4n) is 2.54. The van der Waals surface area contributed by atoms with Gasteiger partial charge in [0, 0.05) is 25.2 Å². The normalized spacial score (nSPS) is 14.0. The number of hydrogen-bond donors (Lipinski definition) is 1. The Kier molecular flexibility index (Phi) is 4.98. The van der Waals surface area contributed by atoms with E-state index in [9.17, 15) is 10.1 Å². The Hall–Kier alpha value is -1.77. The molecule has 126 valence electrons. The summed E-state index contributed by atoms with van der Waals surface area (Å²) in [6.45, 7) is 3.95. The average Bonchev–Trinajstić information content (AvgIpc) is 3.18. The third kappa shape index (κ3) is 3.50. The smallest absolute Gasteiger partial charge is 0.271 e. The highest BCUT2D eigenvalue weighted by Gasteiger charge is 2.20. The number of thiazole rings is 1. The fraction of sp³-hybridized carbons (Fsp3) is 0.333. The quantitative estimate of drug-likeness (QED) is 0.480. The van der Waals surface area contributed by atoms with Crippen molar-refractivity contribution in [3.05, 3.63) is 43.9 Å². The van der Waals surface area contributed by atoms with Crippen molar-refractivity contribution in [3.63, 3.8) is 0 Å². The van der Waals surface area contributed by atoms with Gasteiger partial charge in [-0.3, -0.25) is 10.1 Å². The monoisotopic (exact) mass is 382 g/mol. The molecule has 6 nitrogen and oxygen atoms in total. The van der Waals surface area contributed by atoms with Crippen LogP contribution in [0.3, 0.4) is 0 Å². The highest BCUT2D eigenvalue weighted by Crippen LogP contribution is 2.31. The largest absolute Gasteiger partial charge is 0.348 e. The van der Waals surface area contributed by atoms with E-state index in [1.54, 1.807) is 0 Å². The Balaban J connectivity index is 1.82. The molecule has 1 aromatic heterocycles. The molecule has 0 saturated carbocycles. The van der Waals surface area contributed by atoms with Crippen molar-refractivity contribution in [1.82, 2.24) is 4.98 Å². The minimum Gasteiger partial charge on any atom is -0.348 e. The molecule has 2 heterocycles. The number of rotatable bonds is 4. The Morgan fingerprint density at radius 3 is 2.83 bits per heavy atom. The van der Waals surface area contributed by atoms with Gasteiger partial charge < -0.3 is 10.2 Å². The summed E-state index contributed by atoms with van der Waals surface area (Å²) >= 11 is 13.1. The summed E-state index contributed by atoms with van der Waals surface area (Å²) in [5.74, 6) is 0. The molecule has 1 saturated heterocycles. The third-order valence-corrected chi connectivity index (χ3v) is 5.78. The second-order valence-corrected chi connectivity index (χ2v) is 7.27. The molecule has 2 aromatic rings. The van der Waals surface area contributed by atoms with Crippen LogP contribution >= 0.6 is 35.2 Å². The molecular formula is C15H15ClN4O2S2. The van der Waals surface area contributed by atoms with E-state index in [1.807, 2.05) is 6.92 Å². The summed E-state index contributed by atoms with van der Waals surface area (Å²) in [4.78, 5) is 18.6. The van der Waals surface area contributed by atoms with Gasteiger partial charge in [-0.2, -0.15) is 0 Å². The average molecular weight is 383 g/mol. The molecule has 1 N–H and O–H groups in total. The molecule has 0 amide bonds. The number of anilines is 2. The zero-order valence-corrected chi connectivity index (χ0v) is 15.3. The second kappa shape index (κ2) is 7.00. The predicted octanol–water partition coefficient (Wildman–Crippen LogP) is 4.40. The van der Waals surface area contributed by atoms with Gasteiger partial charge in [-0.1, -0.05) is 35.2 Å². The molecular weight excluding hydrogens is 368 g/mol. The van der Waals surface area contributed by atoms with Crippen molar-refractivity contribution in [2.75, 3.05) is 23.3 Å². The van der Waals surface area contributed by atoms with E-state index in [-0.39, 0.29) is 5.69 Å². The first-order chi connectivity index (χ1) is 11.5. The molecule has 24 heavy (non-hydrogen) atoms. The second-order valence-electron chi connectivity index (χ2n) is 5.48. The van der Waals surface area contributed by atoms with Crippen molar-refractivity contribution >= 4 is 56.7 Å². The topological polar surface area (TPSA) is 71.3 Å². The van der Waals surface area contributed by atoms with Crippen LogP contribution in [0.15, 0.2) is 18.2 Å². The van der Waals surface area contributed by atoms with Gasteiger partial charge in [-0.15, -0.1) is 0 Å². The highest BCUT2D eigenvalue weighted by molar-refractivity contribution is 7.81. The lowest BCUT2D eigenvalue weighted by Gasteiger charge is -2.12. The number of nitrogens with one attached hydrogen (secondary N) is 1.